The van der Waals surface area contributed by atoms with E-state index >= 15 is 0 Å². The Hall–Kier alpha value is -2.02. The van der Waals surface area contributed by atoms with Gasteiger partial charge in [0.05, 0.1) is 23.8 Å². The summed E-state index contributed by atoms with van der Waals surface area (Å²) in [5, 5.41) is 0.281. The fourth-order valence-electron chi connectivity index (χ4n) is 2.41. The van der Waals surface area contributed by atoms with Crippen LogP contribution in [0.1, 0.15) is 15.9 Å². The summed E-state index contributed by atoms with van der Waals surface area (Å²) >= 11 is 11.7. The Labute approximate surface area is 155 Å². The molecule has 4 nitrogen and oxygen atoms in total. The highest BCUT2D eigenvalue weighted by Crippen LogP contribution is 2.27. The van der Waals surface area contributed by atoms with Crippen LogP contribution >= 0.6 is 23.8 Å². The van der Waals surface area contributed by atoms with Gasteiger partial charge in [0.25, 0.3) is 0 Å². The lowest BCUT2D eigenvalue weighted by atomic mass is 10.2. The third-order valence-corrected chi connectivity index (χ3v) is 4.55. The fourth-order valence-corrected chi connectivity index (χ4v) is 2.94. The normalized spacial score (nSPS) is 14.2. The van der Waals surface area contributed by atoms with Crippen molar-refractivity contribution in [3.63, 3.8) is 0 Å². The lowest BCUT2D eigenvalue weighted by molar-refractivity contribution is 0.0692. The summed E-state index contributed by atoms with van der Waals surface area (Å²) in [5.41, 5.74) is 1.02. The summed E-state index contributed by atoms with van der Waals surface area (Å²) in [4.78, 5) is 14.8. The maximum absolute atomic E-state index is 12.9. The molecule has 0 atom stereocenters. The van der Waals surface area contributed by atoms with Gasteiger partial charge in [-0.1, -0.05) is 23.8 Å². The molecule has 1 aliphatic heterocycles. The number of carbonyl (C=O) groups is 1. The molecule has 0 unspecified atom stereocenters. The monoisotopic (exact) mass is 379 g/mol. The summed E-state index contributed by atoms with van der Waals surface area (Å²) in [7, 11) is 0. The molecule has 1 heterocycles. The van der Waals surface area contributed by atoms with E-state index in [9.17, 15) is 9.18 Å². The number of halogens is 2. The summed E-state index contributed by atoms with van der Waals surface area (Å²) in [6.45, 7) is 2.75. The Balaban J connectivity index is 1.72. The van der Waals surface area contributed by atoms with Crippen LogP contribution in [0.5, 0.6) is 5.75 Å². The van der Waals surface area contributed by atoms with Crippen LogP contribution in [-0.4, -0.2) is 42.2 Å². The average molecular weight is 380 g/mol. The van der Waals surface area contributed by atoms with Crippen molar-refractivity contribution in [1.29, 1.82) is 0 Å². The zero-order chi connectivity index (χ0) is 17.8. The second-order valence-corrected chi connectivity index (χ2v) is 6.24. The first-order chi connectivity index (χ1) is 12.0. The molecule has 2 aromatic carbocycles. The van der Waals surface area contributed by atoms with E-state index < -0.39 is 11.8 Å². The molecule has 1 saturated heterocycles. The lowest BCUT2D eigenvalue weighted by Crippen LogP contribution is -2.40. The minimum Gasteiger partial charge on any atom is -0.421 e. The highest BCUT2D eigenvalue weighted by molar-refractivity contribution is 7.80. The zero-order valence-corrected chi connectivity index (χ0v) is 14.8. The predicted octanol–water partition coefficient (Wildman–Crippen LogP) is 3.71. The standard InChI is InChI=1S/C18H15ClFNO3S/c19-15-11-13(17(25)21-7-9-23-10-8-21)3-6-16(15)24-18(22)12-1-4-14(20)5-2-12/h1-6,11H,7-10H2. The molecule has 0 spiro atoms. The van der Waals surface area contributed by atoms with Gasteiger partial charge in [0.1, 0.15) is 16.6 Å². The largest absolute Gasteiger partial charge is 0.421 e. The Bertz CT molecular complexity index is 791. The smallest absolute Gasteiger partial charge is 0.343 e. The highest BCUT2D eigenvalue weighted by Gasteiger charge is 2.17. The molecule has 0 bridgehead atoms. The average Bonchev–Trinajstić information content (AvgIpc) is 2.64. The van der Waals surface area contributed by atoms with E-state index in [1.54, 1.807) is 18.2 Å². The van der Waals surface area contributed by atoms with E-state index in [0.717, 1.165) is 18.7 Å². The molecular formula is C18H15ClFNO3S. The minimum atomic E-state index is -0.606. The Morgan fingerprint density at radius 1 is 1.12 bits per heavy atom. The first kappa shape index (κ1) is 17.8. The number of benzene rings is 2. The molecule has 25 heavy (non-hydrogen) atoms. The maximum Gasteiger partial charge on any atom is 0.343 e. The molecule has 1 aliphatic rings. The van der Waals surface area contributed by atoms with Gasteiger partial charge in [-0.25, -0.2) is 9.18 Å². The number of thiocarbonyl (C=S) groups is 1. The SMILES string of the molecule is O=C(Oc1ccc(C(=S)N2CCOCC2)cc1Cl)c1ccc(F)cc1. The van der Waals surface area contributed by atoms with Gasteiger partial charge in [-0.15, -0.1) is 0 Å². The Morgan fingerprint density at radius 3 is 2.40 bits per heavy atom. The van der Waals surface area contributed by atoms with Crippen LogP contribution in [0.4, 0.5) is 4.39 Å². The molecule has 0 radical (unpaired) electrons. The lowest BCUT2D eigenvalue weighted by Gasteiger charge is -2.29. The Kier molecular flexibility index (Phi) is 5.63. The summed E-state index contributed by atoms with van der Waals surface area (Å²) in [6, 6.07) is 10.1. The molecule has 0 aromatic heterocycles. The number of rotatable bonds is 3. The maximum atomic E-state index is 12.9. The van der Waals surface area contributed by atoms with Gasteiger partial charge in [0.15, 0.2) is 0 Å². The van der Waals surface area contributed by atoms with Crippen molar-refractivity contribution in [3.8, 4) is 5.75 Å². The van der Waals surface area contributed by atoms with Crippen LogP contribution in [0.2, 0.25) is 5.02 Å². The van der Waals surface area contributed by atoms with Gasteiger partial charge in [-0.05, 0) is 42.5 Å². The van der Waals surface area contributed by atoms with E-state index in [-0.39, 0.29) is 16.3 Å². The van der Waals surface area contributed by atoms with Crippen LogP contribution in [0, 0.1) is 5.82 Å². The summed E-state index contributed by atoms with van der Waals surface area (Å²) < 4.78 is 23.5. The molecule has 0 saturated carbocycles. The van der Waals surface area contributed by atoms with Crippen molar-refractivity contribution in [3.05, 3.63) is 64.4 Å². The van der Waals surface area contributed by atoms with Crippen LogP contribution in [-0.2, 0) is 4.74 Å². The molecule has 1 fully saturated rings. The van der Waals surface area contributed by atoms with Gasteiger partial charge >= 0.3 is 5.97 Å². The van der Waals surface area contributed by atoms with Gasteiger partial charge in [0, 0.05) is 18.7 Å². The molecule has 3 rings (SSSR count). The molecule has 0 aliphatic carbocycles. The second-order valence-electron chi connectivity index (χ2n) is 5.45. The number of hydrogen-bond acceptors (Lipinski definition) is 4. The molecule has 7 heteroatoms. The minimum absolute atomic E-state index is 0.226. The molecular weight excluding hydrogens is 365 g/mol. The van der Waals surface area contributed by atoms with Crippen molar-refractivity contribution in [2.45, 2.75) is 0 Å². The van der Waals surface area contributed by atoms with E-state index in [2.05, 4.69) is 4.90 Å². The molecule has 0 amide bonds. The van der Waals surface area contributed by atoms with Crippen molar-refractivity contribution in [2.75, 3.05) is 26.3 Å². The molecule has 130 valence electrons. The van der Waals surface area contributed by atoms with Gasteiger partial charge < -0.3 is 14.4 Å². The molecule has 0 N–H and O–H groups in total. The number of carbonyl (C=O) groups excluding carboxylic acids is 1. The van der Waals surface area contributed by atoms with Crippen LogP contribution in [0.15, 0.2) is 42.5 Å². The van der Waals surface area contributed by atoms with Crippen LogP contribution < -0.4 is 4.74 Å². The van der Waals surface area contributed by atoms with Gasteiger partial charge in [-0.2, -0.15) is 0 Å². The van der Waals surface area contributed by atoms with Gasteiger partial charge in [-0.3, -0.25) is 0 Å². The predicted molar refractivity (Wildman–Crippen MR) is 96.9 cm³/mol. The third-order valence-electron chi connectivity index (χ3n) is 3.76. The number of hydrogen-bond donors (Lipinski definition) is 0. The van der Waals surface area contributed by atoms with Crippen LogP contribution in [0.25, 0.3) is 0 Å². The second kappa shape index (κ2) is 7.91. The molecule has 2 aromatic rings. The van der Waals surface area contributed by atoms with Gasteiger partial charge in [0.2, 0.25) is 0 Å². The fraction of sp³-hybridized carbons (Fsp3) is 0.222. The third kappa shape index (κ3) is 4.34. The summed E-state index contributed by atoms with van der Waals surface area (Å²) in [6.07, 6.45) is 0. The number of ether oxygens (including phenoxy) is 2. The Morgan fingerprint density at radius 2 is 1.76 bits per heavy atom. The number of esters is 1. The van der Waals surface area contributed by atoms with E-state index in [1.807, 2.05) is 0 Å². The van der Waals surface area contributed by atoms with Crippen molar-refractivity contribution >= 4 is 34.8 Å². The number of nitrogens with zero attached hydrogens (tertiary/aromatic N) is 1. The van der Waals surface area contributed by atoms with Crippen LogP contribution in [0.3, 0.4) is 0 Å². The summed E-state index contributed by atoms with van der Waals surface area (Å²) in [5.74, 6) is -0.800. The number of morpholine rings is 1. The van der Waals surface area contributed by atoms with E-state index in [0.29, 0.717) is 18.2 Å². The first-order valence-corrected chi connectivity index (χ1v) is 8.47. The van der Waals surface area contributed by atoms with E-state index in [4.69, 9.17) is 33.3 Å². The zero-order valence-electron chi connectivity index (χ0n) is 13.2. The van der Waals surface area contributed by atoms with Crippen molar-refractivity contribution in [2.24, 2.45) is 0 Å². The van der Waals surface area contributed by atoms with Crippen molar-refractivity contribution in [1.82, 2.24) is 4.90 Å². The van der Waals surface area contributed by atoms with Crippen molar-refractivity contribution < 1.29 is 18.7 Å². The van der Waals surface area contributed by atoms with E-state index in [1.165, 1.54) is 24.3 Å². The first-order valence-electron chi connectivity index (χ1n) is 7.69. The quantitative estimate of drug-likeness (QED) is 0.462. The topological polar surface area (TPSA) is 38.8 Å². The highest BCUT2D eigenvalue weighted by atomic mass is 35.5.